The molecule has 2 heterocycles. The zero-order valence-electron chi connectivity index (χ0n) is 22.4. The van der Waals surface area contributed by atoms with E-state index in [0.29, 0.717) is 5.56 Å². The standard InChI is InChI=1S/C27H34N2O8Si/c1-27(2,3)38(5,6)37-24-20-12-17(36-25(32)16-10-8-7-9-11-16)15-28(20)23(31)18-13-22(35-4)21(30)14-19(18)29(24)26(33)34/h7-11,13-14,17,20,24,30H,12,15H2,1-6H3,(H,33,34)/t17-,20?,24-/m0/s1. The van der Waals surface area contributed by atoms with Gasteiger partial charge in [-0.2, -0.15) is 0 Å². The third-order valence-electron chi connectivity index (χ3n) is 7.65. The monoisotopic (exact) mass is 542 g/mol. The van der Waals surface area contributed by atoms with Crippen LogP contribution in [0, 0.1) is 0 Å². The topological polar surface area (TPSA) is 126 Å². The molecule has 3 atom stereocenters. The lowest BCUT2D eigenvalue weighted by Crippen LogP contribution is -2.57. The number of nitrogens with zero attached hydrogens (tertiary/aromatic N) is 2. The number of phenolic OH excluding ortho intramolecular Hbond substituents is 1. The molecule has 0 radical (unpaired) electrons. The Balaban J connectivity index is 1.80. The maximum absolute atomic E-state index is 13.9. The van der Waals surface area contributed by atoms with Crippen molar-refractivity contribution in [1.82, 2.24) is 4.90 Å². The Hall–Kier alpha value is -3.57. The van der Waals surface area contributed by atoms with Crippen LogP contribution in [0.4, 0.5) is 10.5 Å². The fraction of sp³-hybridized carbons (Fsp3) is 0.444. The van der Waals surface area contributed by atoms with Crippen molar-refractivity contribution in [3.8, 4) is 11.5 Å². The van der Waals surface area contributed by atoms with Crippen molar-refractivity contribution in [1.29, 1.82) is 0 Å². The van der Waals surface area contributed by atoms with E-state index in [-0.39, 0.29) is 40.8 Å². The molecule has 2 aliphatic rings. The van der Waals surface area contributed by atoms with Crippen molar-refractivity contribution in [3.05, 3.63) is 53.6 Å². The van der Waals surface area contributed by atoms with Gasteiger partial charge in [0, 0.05) is 12.5 Å². The van der Waals surface area contributed by atoms with Crippen molar-refractivity contribution in [3.63, 3.8) is 0 Å². The van der Waals surface area contributed by atoms with Crippen LogP contribution >= 0.6 is 0 Å². The van der Waals surface area contributed by atoms with Crippen LogP contribution in [0.5, 0.6) is 11.5 Å². The summed E-state index contributed by atoms with van der Waals surface area (Å²) >= 11 is 0. The number of anilines is 1. The predicted octanol–water partition coefficient (Wildman–Crippen LogP) is 4.69. The van der Waals surface area contributed by atoms with E-state index in [9.17, 15) is 24.6 Å². The van der Waals surface area contributed by atoms with E-state index in [4.69, 9.17) is 13.9 Å². The van der Waals surface area contributed by atoms with Crippen molar-refractivity contribution in [2.24, 2.45) is 0 Å². The first-order valence-electron chi connectivity index (χ1n) is 12.4. The summed E-state index contributed by atoms with van der Waals surface area (Å²) in [5.74, 6) is -1.25. The van der Waals surface area contributed by atoms with Gasteiger partial charge in [-0.05, 0) is 36.3 Å². The third kappa shape index (κ3) is 4.95. The minimum Gasteiger partial charge on any atom is -0.504 e. The van der Waals surface area contributed by atoms with Crippen LogP contribution in [0.2, 0.25) is 18.1 Å². The van der Waals surface area contributed by atoms with E-state index in [1.807, 2.05) is 33.9 Å². The molecule has 0 saturated carbocycles. The number of methoxy groups -OCH3 is 1. The van der Waals surface area contributed by atoms with Crippen LogP contribution in [0.1, 0.15) is 47.9 Å². The zero-order chi connectivity index (χ0) is 28.0. The fourth-order valence-corrected chi connectivity index (χ4v) is 5.81. The second-order valence-electron chi connectivity index (χ2n) is 11.1. The van der Waals surface area contributed by atoms with Gasteiger partial charge in [-0.3, -0.25) is 4.79 Å². The summed E-state index contributed by atoms with van der Waals surface area (Å²) < 4.78 is 17.7. The van der Waals surface area contributed by atoms with Crippen molar-refractivity contribution < 1.29 is 38.5 Å². The molecular weight excluding hydrogens is 508 g/mol. The van der Waals surface area contributed by atoms with Crippen LogP contribution in [-0.2, 0) is 9.16 Å². The Labute approximate surface area is 222 Å². The van der Waals surface area contributed by atoms with E-state index in [0.717, 1.165) is 4.90 Å². The molecule has 10 nitrogen and oxygen atoms in total. The van der Waals surface area contributed by atoms with Gasteiger partial charge in [-0.25, -0.2) is 14.5 Å². The van der Waals surface area contributed by atoms with Gasteiger partial charge in [0.05, 0.1) is 36.5 Å². The molecule has 2 aromatic carbocycles. The molecule has 2 amide bonds. The molecule has 1 fully saturated rings. The van der Waals surface area contributed by atoms with E-state index < -0.39 is 44.7 Å². The molecule has 4 rings (SSSR count). The summed E-state index contributed by atoms with van der Waals surface area (Å²) in [5, 5.41) is 20.6. The van der Waals surface area contributed by atoms with Gasteiger partial charge in [0.1, 0.15) is 6.10 Å². The van der Waals surface area contributed by atoms with E-state index >= 15 is 0 Å². The van der Waals surface area contributed by atoms with Gasteiger partial charge in [0.2, 0.25) is 0 Å². The van der Waals surface area contributed by atoms with Crippen molar-refractivity contribution in [2.75, 3.05) is 18.6 Å². The van der Waals surface area contributed by atoms with Gasteiger partial charge in [0.15, 0.2) is 26.0 Å². The lowest BCUT2D eigenvalue weighted by atomic mass is 10.1. The first-order chi connectivity index (χ1) is 17.7. The first-order valence-corrected chi connectivity index (χ1v) is 15.3. The second-order valence-corrected chi connectivity index (χ2v) is 15.9. The highest BCUT2D eigenvalue weighted by Crippen LogP contribution is 2.44. The molecule has 2 aliphatic heterocycles. The highest BCUT2D eigenvalue weighted by molar-refractivity contribution is 6.74. The average Bonchev–Trinajstić information content (AvgIpc) is 3.23. The lowest BCUT2D eigenvalue weighted by Gasteiger charge is -2.44. The van der Waals surface area contributed by atoms with Crippen LogP contribution in [0.15, 0.2) is 42.5 Å². The highest BCUT2D eigenvalue weighted by Gasteiger charge is 2.52. The number of hydrogen-bond acceptors (Lipinski definition) is 7. The number of phenols is 1. The summed E-state index contributed by atoms with van der Waals surface area (Å²) in [5.41, 5.74) is 0.438. The minimum atomic E-state index is -2.58. The first kappa shape index (κ1) is 27.5. The Kier molecular flexibility index (Phi) is 7.19. The van der Waals surface area contributed by atoms with Crippen LogP contribution in [0.25, 0.3) is 0 Å². The number of carboxylic acid groups (broad SMARTS) is 1. The lowest BCUT2D eigenvalue weighted by molar-refractivity contribution is 0.0314. The summed E-state index contributed by atoms with van der Waals surface area (Å²) in [6.45, 7) is 10.2. The molecule has 1 unspecified atom stereocenters. The fourth-order valence-electron chi connectivity index (χ4n) is 4.59. The number of rotatable bonds is 5. The van der Waals surface area contributed by atoms with Crippen molar-refractivity contribution >= 4 is 32.0 Å². The average molecular weight is 543 g/mol. The summed E-state index contributed by atoms with van der Waals surface area (Å²) in [6, 6.07) is 10.4. The minimum absolute atomic E-state index is 0.0109. The van der Waals surface area contributed by atoms with E-state index in [2.05, 4.69) is 0 Å². The molecular formula is C27H34N2O8Si. The number of hydrogen-bond donors (Lipinski definition) is 2. The molecule has 0 bridgehead atoms. The number of esters is 1. The van der Waals surface area contributed by atoms with Crippen LogP contribution < -0.4 is 9.64 Å². The molecule has 0 spiro atoms. The summed E-state index contributed by atoms with van der Waals surface area (Å²) in [4.78, 5) is 41.9. The van der Waals surface area contributed by atoms with Gasteiger partial charge >= 0.3 is 12.1 Å². The smallest absolute Gasteiger partial charge is 0.414 e. The Morgan fingerprint density at radius 2 is 1.76 bits per heavy atom. The molecule has 0 aliphatic carbocycles. The van der Waals surface area contributed by atoms with Crippen molar-refractivity contribution in [2.45, 2.75) is 63.7 Å². The molecule has 204 valence electrons. The van der Waals surface area contributed by atoms with Gasteiger partial charge in [0.25, 0.3) is 5.91 Å². The van der Waals surface area contributed by atoms with Crippen LogP contribution in [-0.4, -0.2) is 73.4 Å². The number of carbonyl (C=O) groups is 3. The maximum Gasteiger partial charge on any atom is 0.414 e. The summed E-state index contributed by atoms with van der Waals surface area (Å²) in [7, 11) is -1.24. The number of benzene rings is 2. The second kappa shape index (κ2) is 9.95. The Morgan fingerprint density at radius 1 is 1.11 bits per heavy atom. The Bertz CT molecular complexity index is 1240. The molecule has 0 aromatic heterocycles. The predicted molar refractivity (Wildman–Crippen MR) is 142 cm³/mol. The normalized spacial score (nSPS) is 21.4. The molecule has 2 N–H and O–H groups in total. The molecule has 11 heteroatoms. The molecule has 2 aromatic rings. The summed E-state index contributed by atoms with van der Waals surface area (Å²) in [6.07, 6.45) is -2.91. The maximum atomic E-state index is 13.9. The van der Waals surface area contributed by atoms with Gasteiger partial charge in [-0.15, -0.1) is 0 Å². The number of aromatic hydroxyl groups is 1. The van der Waals surface area contributed by atoms with Crippen LogP contribution in [0.3, 0.4) is 0 Å². The number of carbonyl (C=O) groups excluding carboxylic acids is 2. The third-order valence-corrected chi connectivity index (χ3v) is 12.1. The SMILES string of the molecule is COc1cc2c(cc1O)N(C(=O)O)[C@@H](O[Si](C)(C)C(C)(C)C)C1C[C@H](OC(=O)c3ccccc3)CN1C2=O. The Morgan fingerprint density at radius 3 is 2.34 bits per heavy atom. The van der Waals surface area contributed by atoms with E-state index in [1.54, 1.807) is 30.3 Å². The molecule has 1 saturated heterocycles. The largest absolute Gasteiger partial charge is 0.504 e. The number of amides is 2. The van der Waals surface area contributed by atoms with E-state index in [1.165, 1.54) is 24.1 Å². The van der Waals surface area contributed by atoms with Gasteiger partial charge < -0.3 is 29.0 Å². The quantitative estimate of drug-likeness (QED) is 0.412. The van der Waals surface area contributed by atoms with Gasteiger partial charge in [-0.1, -0.05) is 39.0 Å². The number of ether oxygens (including phenoxy) is 2. The highest BCUT2D eigenvalue weighted by atomic mass is 28.4. The number of fused-ring (bicyclic) bond motifs is 2. The zero-order valence-corrected chi connectivity index (χ0v) is 23.4. The molecule has 38 heavy (non-hydrogen) atoms.